The van der Waals surface area contributed by atoms with Gasteiger partial charge < -0.3 is 5.41 Å². The third-order valence-corrected chi connectivity index (χ3v) is 3.83. The Hall–Kier alpha value is -3.00. The van der Waals surface area contributed by atoms with Crippen LogP contribution < -0.4 is 0 Å². The maximum absolute atomic E-state index is 13.0. The van der Waals surface area contributed by atoms with E-state index in [2.05, 4.69) is 0 Å². The highest BCUT2D eigenvalue weighted by Crippen LogP contribution is 2.25. The molecule has 0 unspecified atom stereocenters. The summed E-state index contributed by atoms with van der Waals surface area (Å²) in [5, 5.41) is 8.58. The summed E-state index contributed by atoms with van der Waals surface area (Å²) in [6, 6.07) is 28.1. The smallest absolute Gasteiger partial charge is 0.176 e. The molecule has 1 atom stereocenters. The summed E-state index contributed by atoms with van der Waals surface area (Å²) in [7, 11) is 0. The lowest BCUT2D eigenvalue weighted by atomic mass is 9.84. The van der Waals surface area contributed by atoms with Crippen molar-refractivity contribution in [2.75, 3.05) is 0 Å². The van der Waals surface area contributed by atoms with Gasteiger partial charge in [0.15, 0.2) is 5.78 Å². The number of rotatable bonds is 5. The van der Waals surface area contributed by atoms with Gasteiger partial charge in [0.1, 0.15) is 0 Å². The Kier molecular flexibility index (Phi) is 4.44. The van der Waals surface area contributed by atoms with Crippen LogP contribution in [0.5, 0.6) is 0 Å². The first-order valence-corrected chi connectivity index (χ1v) is 7.55. The molecule has 0 radical (unpaired) electrons. The quantitative estimate of drug-likeness (QED) is 0.537. The summed E-state index contributed by atoms with van der Waals surface area (Å²) < 4.78 is 0. The molecule has 0 saturated heterocycles. The summed E-state index contributed by atoms with van der Waals surface area (Å²) in [4.78, 5) is 13.0. The fourth-order valence-electron chi connectivity index (χ4n) is 2.65. The van der Waals surface area contributed by atoms with Crippen LogP contribution in [0.1, 0.15) is 27.4 Å². The van der Waals surface area contributed by atoms with E-state index in [1.807, 2.05) is 78.9 Å². The van der Waals surface area contributed by atoms with Gasteiger partial charge in [-0.1, -0.05) is 91.0 Å². The van der Waals surface area contributed by atoms with Crippen LogP contribution in [-0.2, 0) is 0 Å². The van der Waals surface area contributed by atoms with Gasteiger partial charge in [-0.3, -0.25) is 4.79 Å². The molecule has 23 heavy (non-hydrogen) atoms. The minimum Gasteiger partial charge on any atom is -0.304 e. The average Bonchev–Trinajstić information content (AvgIpc) is 2.64. The second-order valence-corrected chi connectivity index (χ2v) is 5.35. The second kappa shape index (κ2) is 6.84. The lowest BCUT2D eigenvalue weighted by molar-refractivity contribution is 0.0982. The molecule has 0 aliphatic heterocycles. The predicted molar refractivity (Wildman–Crippen MR) is 93.2 cm³/mol. The Morgan fingerprint density at radius 2 is 1.09 bits per heavy atom. The predicted octanol–water partition coefficient (Wildman–Crippen LogP) is 4.72. The second-order valence-electron chi connectivity index (χ2n) is 5.35. The third kappa shape index (κ3) is 3.27. The average molecular weight is 299 g/mol. The van der Waals surface area contributed by atoms with Crippen molar-refractivity contribution in [2.45, 2.75) is 5.92 Å². The van der Waals surface area contributed by atoms with E-state index in [0.29, 0.717) is 11.3 Å². The molecule has 2 heteroatoms. The summed E-state index contributed by atoms with van der Waals surface area (Å²) in [5.74, 6) is -0.647. The first-order chi connectivity index (χ1) is 11.3. The lowest BCUT2D eigenvalue weighted by Crippen LogP contribution is -2.22. The van der Waals surface area contributed by atoms with Crippen LogP contribution in [0.3, 0.4) is 0 Å². The van der Waals surface area contributed by atoms with Gasteiger partial charge in [-0.05, 0) is 11.1 Å². The van der Waals surface area contributed by atoms with Crippen molar-refractivity contribution in [3.05, 3.63) is 108 Å². The van der Waals surface area contributed by atoms with Gasteiger partial charge in [0.05, 0.1) is 11.6 Å². The van der Waals surface area contributed by atoms with E-state index in [1.54, 1.807) is 12.1 Å². The maximum atomic E-state index is 13.0. The van der Waals surface area contributed by atoms with Crippen LogP contribution in [0.4, 0.5) is 0 Å². The largest absolute Gasteiger partial charge is 0.304 e. The van der Waals surface area contributed by atoms with Crippen LogP contribution >= 0.6 is 0 Å². The van der Waals surface area contributed by atoms with Crippen molar-refractivity contribution in [2.24, 2.45) is 0 Å². The van der Waals surface area contributed by atoms with Crippen LogP contribution in [0.2, 0.25) is 0 Å². The molecule has 3 rings (SSSR count). The molecule has 0 aliphatic rings. The molecule has 3 aromatic rings. The summed E-state index contributed by atoms with van der Waals surface area (Å²) in [5.41, 5.74) is 2.56. The van der Waals surface area contributed by atoms with Crippen molar-refractivity contribution in [1.29, 1.82) is 5.41 Å². The van der Waals surface area contributed by atoms with E-state index in [9.17, 15) is 4.79 Å². The number of ketones is 1. The van der Waals surface area contributed by atoms with E-state index in [0.717, 1.165) is 11.1 Å². The molecule has 0 saturated carbocycles. The minimum absolute atomic E-state index is 0.0503. The molecule has 2 nitrogen and oxygen atoms in total. The number of carbonyl (C=O) groups is 1. The van der Waals surface area contributed by atoms with Crippen LogP contribution in [0.25, 0.3) is 0 Å². The van der Waals surface area contributed by atoms with Gasteiger partial charge in [0.25, 0.3) is 0 Å². The standard InChI is InChI=1S/C21H17NO/c22-20(17-12-6-2-7-13-17)19(16-10-4-1-5-11-16)21(23)18-14-8-3-9-15-18/h1-15,19,22H/t19-/m1/s1. The Morgan fingerprint density at radius 1 is 0.652 bits per heavy atom. The maximum Gasteiger partial charge on any atom is 0.176 e. The van der Waals surface area contributed by atoms with E-state index < -0.39 is 5.92 Å². The molecule has 112 valence electrons. The highest BCUT2D eigenvalue weighted by Gasteiger charge is 2.27. The highest BCUT2D eigenvalue weighted by atomic mass is 16.1. The van der Waals surface area contributed by atoms with Gasteiger partial charge in [0, 0.05) is 5.56 Å². The van der Waals surface area contributed by atoms with Gasteiger partial charge in [0.2, 0.25) is 0 Å². The van der Waals surface area contributed by atoms with Crippen LogP contribution in [0.15, 0.2) is 91.0 Å². The summed E-state index contributed by atoms with van der Waals surface area (Å²) >= 11 is 0. The SMILES string of the molecule is N=C(c1ccccc1)[C@H](C(=O)c1ccccc1)c1ccccc1. The lowest BCUT2D eigenvalue weighted by Gasteiger charge is -2.18. The van der Waals surface area contributed by atoms with Crippen LogP contribution in [-0.4, -0.2) is 11.5 Å². The normalized spacial score (nSPS) is 11.7. The Morgan fingerprint density at radius 3 is 1.61 bits per heavy atom. The number of hydrogen-bond acceptors (Lipinski definition) is 2. The molecule has 0 fully saturated rings. The van der Waals surface area contributed by atoms with E-state index in [1.165, 1.54) is 0 Å². The molecular formula is C21H17NO. The van der Waals surface area contributed by atoms with E-state index in [4.69, 9.17) is 5.41 Å². The van der Waals surface area contributed by atoms with Gasteiger partial charge in [-0.25, -0.2) is 0 Å². The Balaban J connectivity index is 2.05. The topological polar surface area (TPSA) is 40.9 Å². The van der Waals surface area contributed by atoms with E-state index >= 15 is 0 Å². The van der Waals surface area contributed by atoms with Crippen molar-refractivity contribution in [3.63, 3.8) is 0 Å². The van der Waals surface area contributed by atoms with Crippen molar-refractivity contribution < 1.29 is 4.79 Å². The monoisotopic (exact) mass is 299 g/mol. The highest BCUT2D eigenvalue weighted by molar-refractivity contribution is 6.21. The molecular weight excluding hydrogens is 282 g/mol. The fraction of sp³-hybridized carbons (Fsp3) is 0.0476. The third-order valence-electron chi connectivity index (χ3n) is 3.83. The Labute approximate surface area is 135 Å². The van der Waals surface area contributed by atoms with Crippen molar-refractivity contribution in [1.82, 2.24) is 0 Å². The fourth-order valence-corrected chi connectivity index (χ4v) is 2.65. The first-order valence-electron chi connectivity index (χ1n) is 7.55. The zero-order chi connectivity index (χ0) is 16.1. The number of nitrogens with one attached hydrogen (secondary N) is 1. The summed E-state index contributed by atoms with van der Waals surface area (Å²) in [6.45, 7) is 0. The molecule has 3 aromatic carbocycles. The zero-order valence-electron chi connectivity index (χ0n) is 12.6. The van der Waals surface area contributed by atoms with Crippen molar-refractivity contribution in [3.8, 4) is 0 Å². The summed E-state index contributed by atoms with van der Waals surface area (Å²) in [6.07, 6.45) is 0. The van der Waals surface area contributed by atoms with E-state index in [-0.39, 0.29) is 5.78 Å². The molecule has 0 heterocycles. The molecule has 0 spiro atoms. The van der Waals surface area contributed by atoms with Crippen molar-refractivity contribution >= 4 is 11.5 Å². The van der Waals surface area contributed by atoms with Gasteiger partial charge >= 0.3 is 0 Å². The van der Waals surface area contributed by atoms with Gasteiger partial charge in [-0.2, -0.15) is 0 Å². The number of carbonyl (C=O) groups excluding carboxylic acids is 1. The van der Waals surface area contributed by atoms with Crippen LogP contribution in [0, 0.1) is 5.41 Å². The van der Waals surface area contributed by atoms with Gasteiger partial charge in [-0.15, -0.1) is 0 Å². The molecule has 0 aliphatic carbocycles. The first kappa shape index (κ1) is 14.9. The Bertz CT molecular complexity index is 744. The molecule has 1 N–H and O–H groups in total. The molecule has 0 amide bonds. The number of benzene rings is 3. The number of hydrogen-bond donors (Lipinski definition) is 1. The zero-order valence-corrected chi connectivity index (χ0v) is 12.6. The molecule has 0 aromatic heterocycles. The number of Topliss-reactive ketones (excluding diaryl/α,β-unsaturated/α-hetero) is 1. The minimum atomic E-state index is -0.596. The molecule has 0 bridgehead atoms.